The van der Waals surface area contributed by atoms with E-state index in [0.717, 1.165) is 11.1 Å². The number of fused-ring (bicyclic) bond motifs is 1. The number of methoxy groups -OCH3 is 1. The average molecular weight is 411 g/mol. The fraction of sp³-hybridized carbons (Fsp3) is 0.190. The maximum absolute atomic E-state index is 12.6. The summed E-state index contributed by atoms with van der Waals surface area (Å²) in [6.07, 6.45) is 1.75. The van der Waals surface area contributed by atoms with Crippen molar-refractivity contribution < 1.29 is 14.3 Å². The number of aromatic nitrogens is 2. The number of carbonyl (C=O) groups excluding carboxylic acids is 2. The number of nitrogens with one attached hydrogen (secondary N) is 2. The Kier molecular flexibility index (Phi) is 5.22. The Morgan fingerprint density at radius 1 is 1.28 bits per heavy atom. The van der Waals surface area contributed by atoms with Crippen molar-refractivity contribution in [3.05, 3.63) is 59.8 Å². The second-order valence-corrected chi connectivity index (χ2v) is 7.17. The predicted molar refractivity (Wildman–Crippen MR) is 111 cm³/mol. The van der Waals surface area contributed by atoms with Gasteiger partial charge in [-0.15, -0.1) is 0 Å². The highest BCUT2D eigenvalue weighted by molar-refractivity contribution is 6.30. The third-order valence-corrected chi connectivity index (χ3v) is 5.07. The molecule has 0 saturated carbocycles. The highest BCUT2D eigenvalue weighted by Crippen LogP contribution is 2.33. The molecule has 0 bridgehead atoms. The molecule has 8 heteroatoms. The molecule has 0 saturated heterocycles. The number of carbonyl (C=O) groups is 2. The number of halogens is 1. The minimum Gasteiger partial charge on any atom is -0.495 e. The number of amides is 2. The van der Waals surface area contributed by atoms with Crippen molar-refractivity contribution in [1.82, 2.24) is 9.78 Å². The van der Waals surface area contributed by atoms with Crippen LogP contribution in [0.2, 0.25) is 5.02 Å². The summed E-state index contributed by atoms with van der Waals surface area (Å²) in [7, 11) is 1.54. The van der Waals surface area contributed by atoms with Crippen LogP contribution in [0.3, 0.4) is 0 Å². The van der Waals surface area contributed by atoms with Gasteiger partial charge in [0.2, 0.25) is 11.8 Å². The molecule has 4 rings (SSSR count). The van der Waals surface area contributed by atoms with Crippen LogP contribution in [0, 0.1) is 5.92 Å². The number of ether oxygens (including phenoxy) is 1. The molecular formula is C21H19ClN4O3. The molecule has 7 nitrogen and oxygen atoms in total. The Bertz CT molecular complexity index is 1060. The summed E-state index contributed by atoms with van der Waals surface area (Å²) >= 11 is 5.95. The fourth-order valence-corrected chi connectivity index (χ4v) is 3.46. The van der Waals surface area contributed by atoms with Crippen molar-refractivity contribution in [2.24, 2.45) is 5.92 Å². The normalized spacial score (nSPS) is 15.4. The van der Waals surface area contributed by atoms with Crippen molar-refractivity contribution in [2.75, 3.05) is 17.7 Å². The van der Waals surface area contributed by atoms with Gasteiger partial charge in [-0.3, -0.25) is 9.59 Å². The molecule has 0 radical (unpaired) electrons. The van der Waals surface area contributed by atoms with E-state index in [2.05, 4.69) is 15.7 Å². The lowest BCUT2D eigenvalue weighted by molar-refractivity contribution is -0.125. The van der Waals surface area contributed by atoms with Crippen LogP contribution in [0.25, 0.3) is 11.1 Å². The van der Waals surface area contributed by atoms with Crippen LogP contribution in [-0.2, 0) is 16.1 Å². The number of hydrogen-bond donors (Lipinski definition) is 2. The van der Waals surface area contributed by atoms with Crippen molar-refractivity contribution in [3.8, 4) is 16.9 Å². The van der Waals surface area contributed by atoms with Crippen LogP contribution in [0.4, 0.5) is 11.5 Å². The van der Waals surface area contributed by atoms with Gasteiger partial charge in [-0.1, -0.05) is 35.9 Å². The monoisotopic (exact) mass is 410 g/mol. The third-order valence-electron chi connectivity index (χ3n) is 4.81. The van der Waals surface area contributed by atoms with Gasteiger partial charge in [0.15, 0.2) is 0 Å². The lowest BCUT2D eigenvalue weighted by atomic mass is 10.0. The first-order valence-corrected chi connectivity index (χ1v) is 9.48. The van der Waals surface area contributed by atoms with Gasteiger partial charge in [0, 0.05) is 17.0 Å². The molecule has 1 aromatic heterocycles. The summed E-state index contributed by atoms with van der Waals surface area (Å²) in [6, 6.07) is 14.5. The Hall–Kier alpha value is -3.32. The average Bonchev–Trinajstić information content (AvgIpc) is 3.12. The van der Waals surface area contributed by atoms with Crippen LogP contribution in [0.1, 0.15) is 6.42 Å². The van der Waals surface area contributed by atoms with Gasteiger partial charge in [-0.2, -0.15) is 5.10 Å². The number of anilines is 2. The fourth-order valence-electron chi connectivity index (χ4n) is 3.34. The van der Waals surface area contributed by atoms with Crippen LogP contribution in [-0.4, -0.2) is 28.7 Å². The zero-order valence-electron chi connectivity index (χ0n) is 15.7. The first-order valence-electron chi connectivity index (χ1n) is 9.10. The molecule has 0 unspecified atom stereocenters. The molecule has 1 aliphatic heterocycles. The lowest BCUT2D eigenvalue weighted by Gasteiger charge is -2.24. The second kappa shape index (κ2) is 7.97. The molecule has 1 aliphatic rings. The highest BCUT2D eigenvalue weighted by atomic mass is 35.5. The summed E-state index contributed by atoms with van der Waals surface area (Å²) in [5.41, 5.74) is 2.29. The minimum atomic E-state index is -0.518. The Morgan fingerprint density at radius 3 is 2.79 bits per heavy atom. The van der Waals surface area contributed by atoms with E-state index in [1.165, 1.54) is 7.11 Å². The summed E-state index contributed by atoms with van der Waals surface area (Å²) < 4.78 is 6.95. The van der Waals surface area contributed by atoms with Crippen LogP contribution >= 0.6 is 11.6 Å². The van der Waals surface area contributed by atoms with E-state index >= 15 is 0 Å². The number of rotatable bonds is 5. The summed E-state index contributed by atoms with van der Waals surface area (Å²) in [5.74, 6) is 0.205. The van der Waals surface area contributed by atoms with Crippen LogP contribution < -0.4 is 15.4 Å². The SMILES string of the molecule is COc1ccccc1NC(=O)C[C@H]1Cn2ncc(-c3ccc(Cl)cc3)c2NC1=O. The van der Waals surface area contributed by atoms with Crippen molar-refractivity contribution in [3.63, 3.8) is 0 Å². The van der Waals surface area contributed by atoms with E-state index in [0.29, 0.717) is 28.8 Å². The van der Waals surface area contributed by atoms with Gasteiger partial charge < -0.3 is 15.4 Å². The number of nitrogens with zero attached hydrogens (tertiary/aromatic N) is 2. The molecule has 2 N–H and O–H groups in total. The lowest BCUT2D eigenvalue weighted by Crippen LogP contribution is -2.36. The van der Waals surface area contributed by atoms with E-state index in [9.17, 15) is 9.59 Å². The maximum Gasteiger partial charge on any atom is 0.231 e. The minimum absolute atomic E-state index is 0.0411. The molecule has 148 valence electrons. The first-order chi connectivity index (χ1) is 14.0. The molecule has 3 aromatic rings. The largest absolute Gasteiger partial charge is 0.495 e. The topological polar surface area (TPSA) is 85.2 Å². The Morgan fingerprint density at radius 2 is 2.03 bits per heavy atom. The standard InChI is InChI=1S/C21H19ClN4O3/c1-29-18-5-3-2-4-17(18)24-19(27)10-14-12-26-20(25-21(14)28)16(11-23-26)13-6-8-15(22)9-7-13/h2-9,11,14H,10,12H2,1H3,(H,24,27)(H,25,28)/t14-/m0/s1. The predicted octanol–water partition coefficient (Wildman–Crippen LogP) is 3.81. The van der Waals surface area contributed by atoms with Gasteiger partial charge >= 0.3 is 0 Å². The maximum atomic E-state index is 12.6. The zero-order chi connectivity index (χ0) is 20.4. The zero-order valence-corrected chi connectivity index (χ0v) is 16.4. The highest BCUT2D eigenvalue weighted by Gasteiger charge is 2.30. The molecule has 1 atom stereocenters. The molecule has 0 spiro atoms. The molecule has 2 heterocycles. The molecule has 2 amide bonds. The van der Waals surface area contributed by atoms with Gasteiger partial charge in [0.05, 0.1) is 31.5 Å². The van der Waals surface area contributed by atoms with Crippen molar-refractivity contribution in [1.29, 1.82) is 0 Å². The van der Waals surface area contributed by atoms with Gasteiger partial charge in [0.25, 0.3) is 0 Å². The van der Waals surface area contributed by atoms with Crippen molar-refractivity contribution >= 4 is 34.9 Å². The summed E-state index contributed by atoms with van der Waals surface area (Å²) in [5, 5.41) is 10.7. The number of hydrogen-bond acceptors (Lipinski definition) is 4. The number of benzene rings is 2. The van der Waals surface area contributed by atoms with Gasteiger partial charge in [-0.25, -0.2) is 4.68 Å². The van der Waals surface area contributed by atoms with Crippen LogP contribution in [0.15, 0.2) is 54.7 Å². The Labute approximate surface area is 172 Å². The quantitative estimate of drug-likeness (QED) is 0.669. The molecule has 0 fully saturated rings. The van der Waals surface area contributed by atoms with E-state index < -0.39 is 5.92 Å². The van der Waals surface area contributed by atoms with E-state index in [-0.39, 0.29) is 18.2 Å². The number of para-hydroxylation sites is 2. The van der Waals surface area contributed by atoms with E-state index in [4.69, 9.17) is 16.3 Å². The molecule has 2 aromatic carbocycles. The first kappa shape index (κ1) is 19.0. The smallest absolute Gasteiger partial charge is 0.231 e. The molecule has 0 aliphatic carbocycles. The molecule has 29 heavy (non-hydrogen) atoms. The third kappa shape index (κ3) is 3.95. The van der Waals surface area contributed by atoms with Gasteiger partial charge in [-0.05, 0) is 29.8 Å². The Balaban J connectivity index is 1.48. The van der Waals surface area contributed by atoms with Crippen molar-refractivity contribution in [2.45, 2.75) is 13.0 Å². The molecular weight excluding hydrogens is 392 g/mol. The van der Waals surface area contributed by atoms with Gasteiger partial charge in [0.1, 0.15) is 11.6 Å². The van der Waals surface area contributed by atoms with Crippen LogP contribution in [0.5, 0.6) is 5.75 Å². The second-order valence-electron chi connectivity index (χ2n) is 6.73. The van der Waals surface area contributed by atoms with E-state index in [1.54, 1.807) is 41.2 Å². The van der Waals surface area contributed by atoms with E-state index in [1.807, 2.05) is 18.2 Å². The summed E-state index contributed by atoms with van der Waals surface area (Å²) in [4.78, 5) is 25.1. The summed E-state index contributed by atoms with van der Waals surface area (Å²) in [6.45, 7) is 0.327.